The second-order valence-corrected chi connectivity index (χ2v) is 6.50. The minimum Gasteiger partial charge on any atom is -0.303 e. The number of hydrogen-bond acceptors (Lipinski definition) is 3. The molecule has 3 rings (SSSR count). The van der Waals surface area contributed by atoms with Crippen molar-refractivity contribution in [3.8, 4) is 0 Å². The van der Waals surface area contributed by atoms with Crippen LogP contribution >= 0.6 is 0 Å². The third kappa shape index (κ3) is 6.08. The molecule has 130 valence electrons. The maximum absolute atomic E-state index is 4.43. The monoisotopic (exact) mass is 317 g/mol. The van der Waals surface area contributed by atoms with Crippen LogP contribution in [0.1, 0.15) is 46.2 Å². The van der Waals surface area contributed by atoms with Gasteiger partial charge in [-0.05, 0) is 59.0 Å². The van der Waals surface area contributed by atoms with E-state index in [9.17, 15) is 0 Å². The van der Waals surface area contributed by atoms with Gasteiger partial charge in [0.2, 0.25) is 0 Å². The minimum atomic E-state index is 0.716. The van der Waals surface area contributed by atoms with Crippen molar-refractivity contribution in [3.05, 3.63) is 28.4 Å². The number of pyridine rings is 1. The Balaban J connectivity index is 0.000000209. The van der Waals surface area contributed by atoms with Gasteiger partial charge in [-0.2, -0.15) is 0 Å². The number of hydrogen-bond donors (Lipinski definition) is 0. The normalized spacial score (nSPS) is 24.0. The summed E-state index contributed by atoms with van der Waals surface area (Å²) in [4.78, 5) is 9.27. The van der Waals surface area contributed by atoms with E-state index in [-0.39, 0.29) is 0 Å². The largest absolute Gasteiger partial charge is 0.303 e. The topological polar surface area (TPSA) is 19.4 Å². The second-order valence-electron chi connectivity index (χ2n) is 6.50. The van der Waals surface area contributed by atoms with E-state index in [0.29, 0.717) is 12.1 Å². The number of likely N-dealkylation sites (N-methyl/N-ethyl adjacent to an activating group) is 2. The first kappa shape index (κ1) is 19.9. The van der Waals surface area contributed by atoms with Crippen molar-refractivity contribution in [2.24, 2.45) is 0 Å². The van der Waals surface area contributed by atoms with Crippen molar-refractivity contribution in [2.75, 3.05) is 27.2 Å². The lowest BCUT2D eigenvalue weighted by atomic mass is 10.1. The van der Waals surface area contributed by atoms with Crippen LogP contribution in [0.15, 0.2) is 12.1 Å². The molecule has 0 unspecified atom stereocenters. The van der Waals surface area contributed by atoms with E-state index in [1.807, 2.05) is 20.8 Å². The summed E-state index contributed by atoms with van der Waals surface area (Å²) >= 11 is 0. The van der Waals surface area contributed by atoms with E-state index in [2.05, 4.69) is 67.0 Å². The van der Waals surface area contributed by atoms with Crippen LogP contribution in [0.4, 0.5) is 0 Å². The highest BCUT2D eigenvalue weighted by atomic mass is 15.3. The van der Waals surface area contributed by atoms with E-state index in [1.54, 1.807) is 0 Å². The summed E-state index contributed by atoms with van der Waals surface area (Å²) in [6.07, 6.45) is 6.77. The van der Waals surface area contributed by atoms with Gasteiger partial charge in [0.05, 0.1) is 5.35 Å². The fourth-order valence-electron chi connectivity index (χ4n) is 3.05. The molecule has 1 aromatic rings. The van der Waals surface area contributed by atoms with Gasteiger partial charge >= 0.3 is 0 Å². The Morgan fingerprint density at radius 1 is 0.957 bits per heavy atom. The van der Waals surface area contributed by atoms with Gasteiger partial charge in [-0.15, -0.1) is 0 Å². The highest BCUT2D eigenvalue weighted by Crippen LogP contribution is 2.10. The molecule has 0 amide bonds. The number of piperazine rings is 1. The third-order valence-electron chi connectivity index (χ3n) is 4.51. The molecule has 3 nitrogen and oxygen atoms in total. The summed E-state index contributed by atoms with van der Waals surface area (Å²) in [7, 11) is 4.41. The Hall–Kier alpha value is -1.19. The van der Waals surface area contributed by atoms with E-state index < -0.39 is 0 Å². The quantitative estimate of drug-likeness (QED) is 0.732. The first-order chi connectivity index (χ1) is 11.0. The first-order valence-electron chi connectivity index (χ1n) is 9.02. The molecule has 0 N–H and O–H groups in total. The zero-order chi connectivity index (χ0) is 17.4. The molecule has 2 heterocycles. The molecule has 1 aliphatic carbocycles. The van der Waals surface area contributed by atoms with Gasteiger partial charge in [-0.25, -0.2) is 0 Å². The van der Waals surface area contributed by atoms with Crippen molar-refractivity contribution < 1.29 is 0 Å². The average molecular weight is 318 g/mol. The Kier molecular flexibility index (Phi) is 8.49. The minimum absolute atomic E-state index is 0.716. The Morgan fingerprint density at radius 3 is 2.13 bits per heavy atom. The zero-order valence-electron chi connectivity index (χ0n) is 16.1. The molecule has 2 aliphatic rings. The van der Waals surface area contributed by atoms with Gasteiger partial charge in [0.25, 0.3) is 0 Å². The molecule has 2 atom stereocenters. The lowest BCUT2D eigenvalue weighted by molar-refractivity contribution is 0.0761. The zero-order valence-corrected chi connectivity index (χ0v) is 16.1. The molecular weight excluding hydrogens is 282 g/mol. The van der Waals surface area contributed by atoms with Crippen LogP contribution in [0.5, 0.6) is 0 Å². The lowest BCUT2D eigenvalue weighted by Gasteiger charge is -2.40. The third-order valence-corrected chi connectivity index (χ3v) is 4.51. The van der Waals surface area contributed by atoms with Crippen LogP contribution in [-0.2, 0) is 0 Å². The van der Waals surface area contributed by atoms with Crippen molar-refractivity contribution >= 4 is 12.2 Å². The van der Waals surface area contributed by atoms with Crippen molar-refractivity contribution in [2.45, 2.75) is 59.5 Å². The van der Waals surface area contributed by atoms with Crippen molar-refractivity contribution in [1.82, 2.24) is 14.8 Å². The Morgan fingerprint density at radius 2 is 1.52 bits per heavy atom. The maximum Gasteiger partial charge on any atom is 0.0662 e. The Bertz CT molecular complexity index is 567. The summed E-state index contributed by atoms with van der Waals surface area (Å²) in [5.74, 6) is 0. The summed E-state index contributed by atoms with van der Waals surface area (Å²) in [5, 5.41) is 2.46. The molecule has 0 spiro atoms. The lowest BCUT2D eigenvalue weighted by Crippen LogP contribution is -2.53. The predicted molar refractivity (Wildman–Crippen MR) is 102 cm³/mol. The van der Waals surface area contributed by atoms with Gasteiger partial charge in [-0.1, -0.05) is 32.1 Å². The van der Waals surface area contributed by atoms with Gasteiger partial charge in [0.1, 0.15) is 0 Å². The highest BCUT2D eigenvalue weighted by molar-refractivity contribution is 5.35. The van der Waals surface area contributed by atoms with Crippen LogP contribution in [0, 0.1) is 6.92 Å². The number of aryl methyl sites for hydroxylation is 1. The highest BCUT2D eigenvalue weighted by Gasteiger charge is 2.23. The van der Waals surface area contributed by atoms with E-state index in [0.717, 1.165) is 23.9 Å². The Labute approximate surface area is 142 Å². The number of aromatic nitrogens is 1. The molecular formula is C20H35N3. The molecule has 0 bridgehead atoms. The van der Waals surface area contributed by atoms with E-state index in [4.69, 9.17) is 0 Å². The van der Waals surface area contributed by atoms with Gasteiger partial charge in [-0.3, -0.25) is 9.88 Å². The van der Waals surface area contributed by atoms with E-state index >= 15 is 0 Å². The number of nitrogens with zero attached hydrogens (tertiary/aromatic N) is 3. The van der Waals surface area contributed by atoms with Crippen molar-refractivity contribution in [3.63, 3.8) is 0 Å². The fourth-order valence-corrected chi connectivity index (χ4v) is 3.05. The predicted octanol–water partition coefficient (Wildman–Crippen LogP) is 2.41. The average Bonchev–Trinajstić information content (AvgIpc) is 2.55. The maximum atomic E-state index is 4.43. The standard InChI is InChI=1S/C10H11N.C8H18N2.C2H6/c1-8-6-7-9-4-2-3-5-10(9)11-8;1-7-5-9(3)6-8(2)10(7)4;1-2/h4-7H,2-3H2,1H3;7-8H,5-6H2,1-4H3;1-2H3/t;7-,8+;. The van der Waals surface area contributed by atoms with Crippen LogP contribution in [-0.4, -0.2) is 54.1 Å². The SMILES string of the molecule is CC.C[C@@H]1CN(C)C[C@H](C)N1C.Cc1ccc2c(n1)=CCCC=2. The molecule has 1 fully saturated rings. The van der Waals surface area contributed by atoms with Crippen LogP contribution in [0.2, 0.25) is 0 Å². The van der Waals surface area contributed by atoms with E-state index in [1.165, 1.54) is 18.3 Å². The number of rotatable bonds is 0. The summed E-state index contributed by atoms with van der Waals surface area (Å²) < 4.78 is 0. The summed E-state index contributed by atoms with van der Waals surface area (Å²) in [6.45, 7) is 13.0. The van der Waals surface area contributed by atoms with Gasteiger partial charge in [0.15, 0.2) is 0 Å². The number of fused-ring (bicyclic) bond motifs is 1. The molecule has 0 aromatic carbocycles. The van der Waals surface area contributed by atoms with Crippen molar-refractivity contribution in [1.29, 1.82) is 0 Å². The van der Waals surface area contributed by atoms with Crippen LogP contribution in [0.3, 0.4) is 0 Å². The fraction of sp³-hybridized carbons (Fsp3) is 0.650. The summed E-state index contributed by atoms with van der Waals surface area (Å²) in [5.41, 5.74) is 1.11. The van der Waals surface area contributed by atoms with Crippen LogP contribution in [0.25, 0.3) is 12.2 Å². The molecule has 23 heavy (non-hydrogen) atoms. The smallest absolute Gasteiger partial charge is 0.0662 e. The molecule has 1 aromatic heterocycles. The second kappa shape index (κ2) is 9.84. The molecule has 1 aliphatic heterocycles. The van der Waals surface area contributed by atoms with Crippen LogP contribution < -0.4 is 10.6 Å². The molecule has 3 heteroatoms. The first-order valence-corrected chi connectivity index (χ1v) is 9.02. The molecule has 0 saturated carbocycles. The van der Waals surface area contributed by atoms with Gasteiger partial charge < -0.3 is 4.90 Å². The molecule has 0 radical (unpaired) electrons. The van der Waals surface area contributed by atoms with Gasteiger partial charge in [0, 0.05) is 30.9 Å². The summed E-state index contributed by atoms with van der Waals surface area (Å²) in [6, 6.07) is 5.64. The molecule has 1 saturated heterocycles.